The van der Waals surface area contributed by atoms with Crippen molar-refractivity contribution in [2.24, 2.45) is 5.16 Å². The number of oxime groups is 1. The van der Waals surface area contributed by atoms with Crippen molar-refractivity contribution in [1.82, 2.24) is 10.7 Å². The Bertz CT molecular complexity index is 459. The summed E-state index contributed by atoms with van der Waals surface area (Å²) >= 11 is 6.40. The van der Waals surface area contributed by atoms with Crippen molar-refractivity contribution >= 4 is 45.6 Å². The number of halogens is 1. The molecule has 1 aromatic heterocycles. The van der Waals surface area contributed by atoms with Gasteiger partial charge in [0.25, 0.3) is 5.91 Å². The van der Waals surface area contributed by atoms with Gasteiger partial charge >= 0.3 is 0 Å². The lowest BCUT2D eigenvalue weighted by Crippen LogP contribution is -2.17. The predicted octanol–water partition coefficient (Wildman–Crippen LogP) is 0.480. The molecule has 0 spiro atoms. The van der Waals surface area contributed by atoms with Crippen molar-refractivity contribution in [3.63, 3.8) is 0 Å². The number of thiazole rings is 1. The lowest BCUT2D eigenvalue weighted by molar-refractivity contribution is -0.114. The first-order valence-electron chi connectivity index (χ1n) is 4.27. The van der Waals surface area contributed by atoms with Gasteiger partial charge < -0.3 is 10.2 Å². The third-order valence-electron chi connectivity index (χ3n) is 1.51. The van der Waals surface area contributed by atoms with E-state index < -0.39 is 11.8 Å². The van der Waals surface area contributed by atoms with E-state index in [2.05, 4.69) is 20.3 Å². The number of carbonyl (C=O) groups is 2. The van der Waals surface area contributed by atoms with Crippen LogP contribution in [0.15, 0.2) is 10.5 Å². The summed E-state index contributed by atoms with van der Waals surface area (Å²) in [6, 6.07) is 0. The van der Waals surface area contributed by atoms with Crippen LogP contribution in [0.25, 0.3) is 0 Å². The average molecular weight is 276 g/mol. The quantitative estimate of drug-likeness (QED) is 0.479. The van der Waals surface area contributed by atoms with Gasteiger partial charge in [0.1, 0.15) is 18.7 Å². The fourth-order valence-electron chi connectivity index (χ4n) is 0.888. The van der Waals surface area contributed by atoms with E-state index >= 15 is 0 Å². The third-order valence-corrected chi connectivity index (χ3v) is 2.51. The number of rotatable bonds is 5. The summed E-state index contributed by atoms with van der Waals surface area (Å²) in [4.78, 5) is 30.3. The number of alkyl halides is 1. The first-order chi connectivity index (χ1) is 8.08. The molecule has 0 aliphatic rings. The van der Waals surface area contributed by atoms with Crippen LogP contribution in [0.2, 0.25) is 0 Å². The Morgan fingerprint density at radius 2 is 2.41 bits per heavy atom. The Balaban J connectivity index is 2.89. The van der Waals surface area contributed by atoms with Crippen LogP contribution in [-0.2, 0) is 14.4 Å². The van der Waals surface area contributed by atoms with E-state index in [0.29, 0.717) is 0 Å². The summed E-state index contributed by atoms with van der Waals surface area (Å²) in [7, 11) is 1.26. The van der Waals surface area contributed by atoms with E-state index in [1.807, 2.05) is 0 Å². The number of nitrogens with zero attached hydrogens (tertiary/aromatic N) is 2. The lowest BCUT2D eigenvalue weighted by atomic mass is 10.3. The molecular formula is C8H8ClN4O3S. The van der Waals surface area contributed by atoms with Crippen LogP contribution in [-0.4, -0.2) is 35.5 Å². The molecule has 1 heterocycles. The molecule has 2 N–H and O–H groups in total. The van der Waals surface area contributed by atoms with Gasteiger partial charge in [0.15, 0.2) is 10.8 Å². The molecule has 1 aromatic rings. The number of amides is 2. The van der Waals surface area contributed by atoms with Gasteiger partial charge in [-0.3, -0.25) is 15.3 Å². The van der Waals surface area contributed by atoms with Gasteiger partial charge in [-0.25, -0.2) is 4.98 Å². The molecule has 0 aliphatic heterocycles. The average Bonchev–Trinajstić information content (AvgIpc) is 2.73. The maximum absolute atomic E-state index is 11.0. The van der Waals surface area contributed by atoms with Gasteiger partial charge in [-0.2, -0.15) is 0 Å². The summed E-state index contributed by atoms with van der Waals surface area (Å²) in [6.45, 7) is 0. The number of aromatic nitrogens is 1. The second-order valence-electron chi connectivity index (χ2n) is 2.67. The summed E-state index contributed by atoms with van der Waals surface area (Å²) in [5.74, 6) is -1.62. The lowest BCUT2D eigenvalue weighted by Gasteiger charge is -1.97. The molecule has 91 valence electrons. The maximum atomic E-state index is 11.0. The topological polar surface area (TPSA) is 104 Å². The van der Waals surface area contributed by atoms with Crippen molar-refractivity contribution in [2.75, 3.05) is 18.3 Å². The van der Waals surface area contributed by atoms with Gasteiger partial charge in [-0.05, 0) is 0 Å². The third kappa shape index (κ3) is 3.68. The van der Waals surface area contributed by atoms with Crippen molar-refractivity contribution < 1.29 is 14.4 Å². The highest BCUT2D eigenvalue weighted by Gasteiger charge is 2.16. The van der Waals surface area contributed by atoms with Gasteiger partial charge in [-0.15, -0.1) is 22.9 Å². The number of hydrogen-bond donors (Lipinski definition) is 1. The number of nitrogens with one attached hydrogen (secondary N) is 2. The highest BCUT2D eigenvalue weighted by molar-refractivity contribution is 7.14. The van der Waals surface area contributed by atoms with Gasteiger partial charge in [-0.1, -0.05) is 5.16 Å². The Labute approximate surface area is 106 Å². The van der Waals surface area contributed by atoms with Crippen LogP contribution in [0.4, 0.5) is 5.13 Å². The van der Waals surface area contributed by atoms with Crippen LogP contribution >= 0.6 is 22.9 Å². The van der Waals surface area contributed by atoms with Crippen molar-refractivity contribution in [1.29, 1.82) is 0 Å². The van der Waals surface area contributed by atoms with E-state index in [0.717, 1.165) is 11.3 Å². The molecule has 0 saturated heterocycles. The normalized spacial score (nSPS) is 11.1. The molecule has 7 nitrogen and oxygen atoms in total. The summed E-state index contributed by atoms with van der Waals surface area (Å²) in [6.07, 6.45) is 0. The second-order valence-corrected chi connectivity index (χ2v) is 3.80. The Kier molecular flexibility index (Phi) is 4.85. The monoisotopic (exact) mass is 275 g/mol. The smallest absolute Gasteiger partial charge is 0.294 e. The zero-order chi connectivity index (χ0) is 12.8. The predicted molar refractivity (Wildman–Crippen MR) is 63.1 cm³/mol. The summed E-state index contributed by atoms with van der Waals surface area (Å²) in [5.41, 5.74) is 6.91. The maximum Gasteiger partial charge on any atom is 0.294 e. The van der Waals surface area contributed by atoms with E-state index in [1.54, 1.807) is 0 Å². The minimum atomic E-state index is -1.02. The first-order valence-corrected chi connectivity index (χ1v) is 5.68. The van der Waals surface area contributed by atoms with Crippen LogP contribution < -0.4 is 11.1 Å². The van der Waals surface area contributed by atoms with E-state index in [4.69, 9.17) is 17.3 Å². The fraction of sp³-hybridized carbons (Fsp3) is 0.250. The molecule has 0 atom stereocenters. The molecule has 0 aromatic carbocycles. The SMILES string of the molecule is CO/N=C(/C([NH])=O)c1csc(NC(=O)CCl)n1. The first kappa shape index (κ1) is 13.4. The highest BCUT2D eigenvalue weighted by atomic mass is 35.5. The molecule has 2 amide bonds. The van der Waals surface area contributed by atoms with Crippen molar-refractivity contribution in [3.05, 3.63) is 11.1 Å². The van der Waals surface area contributed by atoms with Gasteiger partial charge in [0.2, 0.25) is 5.91 Å². The second kappa shape index (κ2) is 6.16. The standard InChI is InChI=1S/C8H8ClN4O3S/c1-16-13-6(7(10)15)4-3-17-8(11-4)12-5(14)2-9/h3,10H,2H2,1H3,(H,11,12,14)/b13-6+. The highest BCUT2D eigenvalue weighted by Crippen LogP contribution is 2.16. The number of hydrogen-bond acceptors (Lipinski definition) is 6. The van der Waals surface area contributed by atoms with Gasteiger partial charge in [0.05, 0.1) is 0 Å². The largest absolute Gasteiger partial charge is 0.398 e. The minimum absolute atomic E-state index is 0.168. The Morgan fingerprint density at radius 3 is 2.94 bits per heavy atom. The Hall–Kier alpha value is -1.67. The molecule has 0 saturated carbocycles. The summed E-state index contributed by atoms with van der Waals surface area (Å²) < 4.78 is 0. The molecule has 17 heavy (non-hydrogen) atoms. The summed E-state index contributed by atoms with van der Waals surface area (Å²) in [5, 5.41) is 7.56. The fourth-order valence-corrected chi connectivity index (χ4v) is 1.67. The van der Waals surface area contributed by atoms with E-state index in [-0.39, 0.29) is 22.4 Å². The van der Waals surface area contributed by atoms with Crippen LogP contribution in [0.1, 0.15) is 5.69 Å². The minimum Gasteiger partial charge on any atom is -0.398 e. The van der Waals surface area contributed by atoms with Crippen LogP contribution in [0, 0.1) is 0 Å². The number of anilines is 1. The van der Waals surface area contributed by atoms with Crippen LogP contribution in [0.5, 0.6) is 0 Å². The van der Waals surface area contributed by atoms with E-state index in [1.165, 1.54) is 12.5 Å². The van der Waals surface area contributed by atoms with Crippen molar-refractivity contribution in [3.8, 4) is 0 Å². The molecule has 9 heteroatoms. The van der Waals surface area contributed by atoms with E-state index in [9.17, 15) is 9.59 Å². The molecule has 0 bridgehead atoms. The van der Waals surface area contributed by atoms with Crippen LogP contribution in [0.3, 0.4) is 0 Å². The molecule has 0 unspecified atom stereocenters. The Morgan fingerprint density at radius 1 is 1.71 bits per heavy atom. The number of carbonyl (C=O) groups excluding carboxylic acids is 2. The van der Waals surface area contributed by atoms with Crippen molar-refractivity contribution in [2.45, 2.75) is 0 Å². The van der Waals surface area contributed by atoms with Gasteiger partial charge in [0, 0.05) is 5.38 Å². The molecule has 1 radical (unpaired) electrons. The molecule has 0 fully saturated rings. The molecular weight excluding hydrogens is 268 g/mol. The molecule has 0 aliphatic carbocycles. The zero-order valence-corrected chi connectivity index (χ0v) is 10.3. The zero-order valence-electron chi connectivity index (χ0n) is 8.69. The molecule has 1 rings (SSSR count).